The van der Waals surface area contributed by atoms with Crippen molar-refractivity contribution in [2.45, 2.75) is 19.8 Å². The first-order valence-corrected chi connectivity index (χ1v) is 5.33. The normalized spacial score (nSPS) is 11.0. The zero-order valence-electron chi connectivity index (χ0n) is 7.97. The Hall–Kier alpha value is -0.880. The summed E-state index contributed by atoms with van der Waals surface area (Å²) in [6.07, 6.45) is 4.05. The van der Waals surface area contributed by atoms with E-state index in [0.29, 0.717) is 12.8 Å². The summed E-state index contributed by atoms with van der Waals surface area (Å²) in [6, 6.07) is 0. The van der Waals surface area contributed by atoms with Crippen molar-refractivity contribution in [2.75, 3.05) is 13.2 Å². The molecule has 0 spiro atoms. The minimum Gasteiger partial charge on any atom is -0.463 e. The molecule has 0 aromatic heterocycles. The van der Waals surface area contributed by atoms with Crippen molar-refractivity contribution in [3.05, 3.63) is 12.2 Å². The van der Waals surface area contributed by atoms with Gasteiger partial charge in [0.05, 0.1) is 13.2 Å². The molecule has 0 bridgehead atoms. The highest BCUT2D eigenvalue weighted by molar-refractivity contribution is 7.67. The maximum Gasteiger partial charge on any atom is 0.330 e. The summed E-state index contributed by atoms with van der Waals surface area (Å²) < 4.78 is 28.9. The van der Waals surface area contributed by atoms with E-state index in [-0.39, 0.29) is 19.2 Å². The lowest BCUT2D eigenvalue weighted by atomic mass is 10.3. The van der Waals surface area contributed by atoms with Crippen LogP contribution in [0.1, 0.15) is 19.8 Å². The van der Waals surface area contributed by atoms with Gasteiger partial charge in [-0.25, -0.2) is 13.2 Å². The fraction of sp³-hybridized carbons (Fsp3) is 0.625. The average Bonchev–Trinajstić information content (AvgIpc) is 2.11. The Morgan fingerprint density at radius 1 is 1.29 bits per heavy atom. The number of esters is 1. The van der Waals surface area contributed by atoms with Crippen molar-refractivity contribution in [3.8, 4) is 0 Å². The van der Waals surface area contributed by atoms with Gasteiger partial charge in [-0.1, -0.05) is 6.08 Å². The second kappa shape index (κ2) is 8.71. The van der Waals surface area contributed by atoms with Crippen LogP contribution in [-0.4, -0.2) is 27.6 Å². The van der Waals surface area contributed by atoms with Gasteiger partial charge in [-0.05, 0) is 19.8 Å². The summed E-state index contributed by atoms with van der Waals surface area (Å²) in [5.74, 6) is -0.386. The molecule has 0 aromatic rings. The van der Waals surface area contributed by atoms with E-state index in [9.17, 15) is 13.2 Å². The van der Waals surface area contributed by atoms with E-state index >= 15 is 0 Å². The van der Waals surface area contributed by atoms with Crippen LogP contribution in [0.25, 0.3) is 0 Å². The fourth-order valence-corrected chi connectivity index (χ4v) is 0.978. The molecule has 0 aliphatic heterocycles. The Morgan fingerprint density at radius 3 is 2.50 bits per heavy atom. The van der Waals surface area contributed by atoms with Gasteiger partial charge in [0.1, 0.15) is 0 Å². The number of hydrogen-bond acceptors (Lipinski definition) is 5. The Balaban J connectivity index is 3.25. The smallest absolute Gasteiger partial charge is 0.330 e. The van der Waals surface area contributed by atoms with Crippen LogP contribution in [0.4, 0.5) is 0 Å². The third kappa shape index (κ3) is 9.21. The van der Waals surface area contributed by atoms with Gasteiger partial charge in [-0.3, -0.25) is 4.18 Å². The molecular weight excluding hydrogens is 208 g/mol. The van der Waals surface area contributed by atoms with Gasteiger partial charge in [0, 0.05) is 6.08 Å². The van der Waals surface area contributed by atoms with Crippen molar-refractivity contribution in [1.29, 1.82) is 0 Å². The second-order valence-corrected chi connectivity index (χ2v) is 3.14. The zero-order valence-corrected chi connectivity index (χ0v) is 8.87. The summed E-state index contributed by atoms with van der Waals surface area (Å²) in [5, 5.41) is 0. The van der Waals surface area contributed by atoms with Crippen LogP contribution >= 0.6 is 0 Å². The number of allylic oxidation sites excluding steroid dienone is 1. The van der Waals surface area contributed by atoms with Gasteiger partial charge >= 0.3 is 5.97 Å². The van der Waals surface area contributed by atoms with E-state index < -0.39 is 11.0 Å². The summed E-state index contributed by atoms with van der Waals surface area (Å²) in [7, 11) is -2.76. The van der Waals surface area contributed by atoms with Crippen LogP contribution in [0.3, 0.4) is 0 Å². The number of rotatable bonds is 7. The van der Waals surface area contributed by atoms with Crippen LogP contribution in [0, 0.1) is 0 Å². The van der Waals surface area contributed by atoms with E-state index in [1.807, 2.05) is 0 Å². The molecule has 0 amide bonds. The predicted octanol–water partition coefficient (Wildman–Crippen LogP) is 0.429. The zero-order chi connectivity index (χ0) is 10.8. The van der Waals surface area contributed by atoms with E-state index in [0.717, 1.165) is 0 Å². The molecule has 0 saturated heterocycles. The van der Waals surface area contributed by atoms with Crippen molar-refractivity contribution >= 4 is 17.0 Å². The van der Waals surface area contributed by atoms with Crippen molar-refractivity contribution in [2.24, 2.45) is 0 Å². The van der Waals surface area contributed by atoms with Crippen molar-refractivity contribution < 1.29 is 22.1 Å². The van der Waals surface area contributed by atoms with E-state index in [4.69, 9.17) is 4.74 Å². The molecule has 0 saturated carbocycles. The topological polar surface area (TPSA) is 69.7 Å². The van der Waals surface area contributed by atoms with Crippen LogP contribution < -0.4 is 0 Å². The molecule has 0 radical (unpaired) electrons. The molecule has 0 fully saturated rings. The summed E-state index contributed by atoms with van der Waals surface area (Å²) in [6.45, 7) is 2.14. The largest absolute Gasteiger partial charge is 0.463 e. The minimum absolute atomic E-state index is 0.139. The number of carbonyl (C=O) groups is 1. The predicted molar refractivity (Wildman–Crippen MR) is 51.3 cm³/mol. The molecular formula is C8H14O5S. The third-order valence-electron chi connectivity index (χ3n) is 1.28. The molecule has 0 aliphatic rings. The van der Waals surface area contributed by atoms with Gasteiger partial charge in [0.2, 0.25) is 0 Å². The van der Waals surface area contributed by atoms with E-state index in [1.165, 1.54) is 6.08 Å². The van der Waals surface area contributed by atoms with Crippen molar-refractivity contribution in [3.63, 3.8) is 0 Å². The van der Waals surface area contributed by atoms with Crippen LogP contribution in [-0.2, 0) is 24.7 Å². The van der Waals surface area contributed by atoms with Gasteiger partial charge in [0.25, 0.3) is 11.0 Å². The van der Waals surface area contributed by atoms with Gasteiger partial charge < -0.3 is 4.74 Å². The van der Waals surface area contributed by atoms with E-state index in [1.54, 1.807) is 13.0 Å². The molecule has 0 N–H and O–H groups in total. The van der Waals surface area contributed by atoms with Gasteiger partial charge in [0.15, 0.2) is 0 Å². The first-order valence-electron chi connectivity index (χ1n) is 4.23. The molecule has 0 heterocycles. The highest BCUT2D eigenvalue weighted by Gasteiger charge is 1.95. The van der Waals surface area contributed by atoms with Gasteiger partial charge in [-0.15, -0.1) is 0 Å². The highest BCUT2D eigenvalue weighted by Crippen LogP contribution is 1.92. The van der Waals surface area contributed by atoms with Crippen LogP contribution in [0.15, 0.2) is 12.2 Å². The second-order valence-electron chi connectivity index (χ2n) is 2.43. The Labute approximate surface area is 84.9 Å². The Kier molecular flexibility index (Phi) is 8.16. The molecule has 5 nitrogen and oxygen atoms in total. The molecule has 0 aromatic carbocycles. The SMILES string of the molecule is C/C=C/C(=O)OCCCCO[SH](=O)=O. The van der Waals surface area contributed by atoms with Crippen LogP contribution in [0.5, 0.6) is 0 Å². The van der Waals surface area contributed by atoms with Gasteiger partial charge in [-0.2, -0.15) is 0 Å². The number of unbranched alkanes of at least 4 members (excludes halogenated alkanes) is 1. The maximum atomic E-state index is 10.7. The molecule has 6 heteroatoms. The number of carbonyl (C=O) groups excluding carboxylic acids is 1. The Morgan fingerprint density at radius 2 is 1.93 bits per heavy atom. The summed E-state index contributed by atoms with van der Waals surface area (Å²) in [4.78, 5) is 10.7. The molecule has 0 unspecified atom stereocenters. The lowest BCUT2D eigenvalue weighted by Gasteiger charge is -2.00. The molecule has 0 aliphatic carbocycles. The summed E-state index contributed by atoms with van der Waals surface area (Å²) >= 11 is 0. The average molecular weight is 222 g/mol. The first kappa shape index (κ1) is 13.1. The molecule has 82 valence electrons. The third-order valence-corrected chi connectivity index (χ3v) is 1.68. The molecule has 14 heavy (non-hydrogen) atoms. The fourth-order valence-electron chi connectivity index (χ4n) is 0.700. The first-order chi connectivity index (χ1) is 6.66. The number of ether oxygens (including phenoxy) is 1. The standard InChI is InChI=1S/C8H14O5S/c1-2-5-8(9)12-6-3-4-7-13-14(10)11/h2,5,14H,3-4,6-7H2,1H3/b5-2+. The quantitative estimate of drug-likeness (QED) is 0.293. The maximum absolute atomic E-state index is 10.7. The molecule has 0 atom stereocenters. The number of hydrogen-bond donors (Lipinski definition) is 1. The molecule has 0 rings (SSSR count). The number of thiol groups is 1. The summed E-state index contributed by atoms with van der Waals surface area (Å²) in [5.41, 5.74) is 0. The van der Waals surface area contributed by atoms with Crippen LogP contribution in [0.2, 0.25) is 0 Å². The Bertz CT molecular complexity index is 248. The monoisotopic (exact) mass is 222 g/mol. The van der Waals surface area contributed by atoms with E-state index in [2.05, 4.69) is 4.18 Å². The van der Waals surface area contributed by atoms with Crippen molar-refractivity contribution in [1.82, 2.24) is 0 Å². The highest BCUT2D eigenvalue weighted by atomic mass is 32.2. The minimum atomic E-state index is -2.76. The lowest BCUT2D eigenvalue weighted by molar-refractivity contribution is -0.137. The lowest BCUT2D eigenvalue weighted by Crippen LogP contribution is -2.03.